The van der Waals surface area contributed by atoms with Crippen LogP contribution in [0.3, 0.4) is 0 Å². The number of hydrogen-bond donors (Lipinski definition) is 1. The van der Waals surface area contributed by atoms with Gasteiger partial charge in [0, 0.05) is 5.38 Å². The number of hydrogen-bond acceptors (Lipinski definition) is 2. The molecule has 1 atom stereocenters. The fraction of sp³-hybridized carbons (Fsp3) is 0.353. The fourth-order valence-electron chi connectivity index (χ4n) is 2.55. The topological polar surface area (TPSA) is 29.1 Å². The maximum absolute atomic E-state index is 12.5. The van der Waals surface area contributed by atoms with Gasteiger partial charge in [-0.15, -0.1) is 11.3 Å². The molecule has 1 unspecified atom stereocenters. The highest BCUT2D eigenvalue weighted by Gasteiger charge is 2.23. The van der Waals surface area contributed by atoms with Crippen LogP contribution in [-0.2, 0) is 0 Å². The molecule has 1 aromatic carbocycles. The Balaban J connectivity index is 2.22. The molecule has 0 fully saturated rings. The molecule has 1 heterocycles. The summed E-state index contributed by atoms with van der Waals surface area (Å²) in [5.74, 6) is 0.441. The van der Waals surface area contributed by atoms with Crippen LogP contribution < -0.4 is 5.32 Å². The van der Waals surface area contributed by atoms with Crippen molar-refractivity contribution < 1.29 is 4.79 Å². The molecule has 2 nitrogen and oxygen atoms in total. The van der Waals surface area contributed by atoms with E-state index in [4.69, 9.17) is 0 Å². The van der Waals surface area contributed by atoms with Crippen molar-refractivity contribution in [3.05, 3.63) is 56.7 Å². The van der Waals surface area contributed by atoms with Gasteiger partial charge in [0.25, 0.3) is 5.91 Å². The van der Waals surface area contributed by atoms with Crippen LogP contribution in [0.1, 0.15) is 48.7 Å². The van der Waals surface area contributed by atoms with Crippen LogP contribution >= 0.6 is 27.3 Å². The summed E-state index contributed by atoms with van der Waals surface area (Å²) in [4.78, 5) is 12.5. The van der Waals surface area contributed by atoms with Crippen LogP contribution in [0.5, 0.6) is 0 Å². The number of amides is 1. The van der Waals surface area contributed by atoms with Crippen LogP contribution in [0.15, 0.2) is 45.6 Å². The van der Waals surface area contributed by atoms with Crippen molar-refractivity contribution in [1.82, 2.24) is 5.32 Å². The smallest absolute Gasteiger partial charge is 0.252 e. The predicted molar refractivity (Wildman–Crippen MR) is 92.7 cm³/mol. The van der Waals surface area contributed by atoms with Crippen molar-refractivity contribution in [1.29, 1.82) is 0 Å². The van der Waals surface area contributed by atoms with Crippen LogP contribution in [0.4, 0.5) is 0 Å². The second kappa shape index (κ2) is 7.76. The van der Waals surface area contributed by atoms with Crippen molar-refractivity contribution in [3.8, 4) is 0 Å². The van der Waals surface area contributed by atoms with Crippen molar-refractivity contribution in [2.75, 3.05) is 0 Å². The lowest BCUT2D eigenvalue weighted by Gasteiger charge is -2.26. The zero-order valence-corrected chi connectivity index (χ0v) is 14.7. The van der Waals surface area contributed by atoms with Gasteiger partial charge in [0.05, 0.1) is 15.4 Å². The second-order valence-corrected chi connectivity index (χ2v) is 7.37. The molecule has 0 radical (unpaired) electrons. The lowest BCUT2D eigenvalue weighted by atomic mass is 9.88. The first-order valence-electron chi connectivity index (χ1n) is 7.25. The number of carbonyl (C=O) groups excluding carboxylic acids is 1. The molecular weight excluding hydrogens is 346 g/mol. The Kier molecular flexibility index (Phi) is 6.00. The average Bonchev–Trinajstić information content (AvgIpc) is 2.95. The third-order valence-electron chi connectivity index (χ3n) is 3.80. The SMILES string of the molecule is CCC(CC)C(NC(=O)c1csc(Br)c1)c1ccccc1. The quantitative estimate of drug-likeness (QED) is 0.727. The first-order chi connectivity index (χ1) is 10.2. The Morgan fingerprint density at radius 3 is 2.43 bits per heavy atom. The Morgan fingerprint density at radius 2 is 1.90 bits per heavy atom. The van der Waals surface area contributed by atoms with E-state index < -0.39 is 0 Å². The highest BCUT2D eigenvalue weighted by atomic mass is 79.9. The maximum atomic E-state index is 12.5. The second-order valence-electron chi connectivity index (χ2n) is 5.08. The zero-order valence-electron chi connectivity index (χ0n) is 12.3. The van der Waals surface area contributed by atoms with E-state index in [1.165, 1.54) is 16.9 Å². The summed E-state index contributed by atoms with van der Waals surface area (Å²) in [6, 6.07) is 12.2. The summed E-state index contributed by atoms with van der Waals surface area (Å²) in [5.41, 5.74) is 1.90. The number of rotatable bonds is 6. The molecule has 112 valence electrons. The van der Waals surface area contributed by atoms with E-state index in [1.807, 2.05) is 29.6 Å². The van der Waals surface area contributed by atoms with Gasteiger partial charge < -0.3 is 5.32 Å². The molecule has 0 aliphatic rings. The van der Waals surface area contributed by atoms with Gasteiger partial charge in [-0.05, 0) is 33.5 Å². The zero-order chi connectivity index (χ0) is 15.2. The monoisotopic (exact) mass is 365 g/mol. The molecule has 2 rings (SSSR count). The van der Waals surface area contributed by atoms with Crippen LogP contribution in [0, 0.1) is 5.92 Å². The number of nitrogens with one attached hydrogen (secondary N) is 1. The molecule has 0 saturated carbocycles. The summed E-state index contributed by atoms with van der Waals surface area (Å²) < 4.78 is 0.978. The number of halogens is 1. The summed E-state index contributed by atoms with van der Waals surface area (Å²) in [7, 11) is 0. The molecule has 1 aromatic heterocycles. The van der Waals surface area contributed by atoms with Gasteiger partial charge >= 0.3 is 0 Å². The largest absolute Gasteiger partial charge is 0.345 e. The summed E-state index contributed by atoms with van der Waals surface area (Å²) in [5, 5.41) is 5.10. The van der Waals surface area contributed by atoms with Crippen molar-refractivity contribution in [2.24, 2.45) is 5.92 Å². The summed E-state index contributed by atoms with van der Waals surface area (Å²) in [6.07, 6.45) is 2.09. The number of benzene rings is 1. The highest BCUT2D eigenvalue weighted by Crippen LogP contribution is 2.28. The molecule has 1 N–H and O–H groups in total. The Labute approximate surface area is 138 Å². The maximum Gasteiger partial charge on any atom is 0.252 e. The number of thiophene rings is 1. The molecule has 0 saturated heterocycles. The molecule has 0 spiro atoms. The Hall–Kier alpha value is -1.13. The van der Waals surface area contributed by atoms with Crippen LogP contribution in [-0.4, -0.2) is 5.91 Å². The summed E-state index contributed by atoms with van der Waals surface area (Å²) >= 11 is 4.94. The average molecular weight is 366 g/mol. The van der Waals surface area contributed by atoms with E-state index in [2.05, 4.69) is 47.2 Å². The molecule has 0 aliphatic carbocycles. The van der Waals surface area contributed by atoms with E-state index in [9.17, 15) is 4.79 Å². The Morgan fingerprint density at radius 1 is 1.24 bits per heavy atom. The lowest BCUT2D eigenvalue weighted by molar-refractivity contribution is 0.0920. The normalized spacial score (nSPS) is 12.4. The van der Waals surface area contributed by atoms with Gasteiger partial charge in [0.2, 0.25) is 0 Å². The fourth-order valence-corrected chi connectivity index (χ4v) is 3.68. The summed E-state index contributed by atoms with van der Waals surface area (Å²) in [6.45, 7) is 4.36. The van der Waals surface area contributed by atoms with Crippen molar-refractivity contribution in [3.63, 3.8) is 0 Å². The van der Waals surface area contributed by atoms with Gasteiger partial charge in [-0.1, -0.05) is 57.0 Å². The molecule has 21 heavy (non-hydrogen) atoms. The van der Waals surface area contributed by atoms with Gasteiger partial charge in [-0.25, -0.2) is 0 Å². The van der Waals surface area contributed by atoms with E-state index in [-0.39, 0.29) is 11.9 Å². The molecule has 4 heteroatoms. The van der Waals surface area contributed by atoms with E-state index in [0.717, 1.165) is 22.2 Å². The van der Waals surface area contributed by atoms with Crippen LogP contribution in [0.2, 0.25) is 0 Å². The molecule has 0 aliphatic heterocycles. The molecule has 1 amide bonds. The third-order valence-corrected chi connectivity index (χ3v) is 5.30. The molecular formula is C17H20BrNOS. The van der Waals surface area contributed by atoms with Gasteiger partial charge in [-0.3, -0.25) is 4.79 Å². The minimum Gasteiger partial charge on any atom is -0.345 e. The highest BCUT2D eigenvalue weighted by molar-refractivity contribution is 9.11. The van der Waals surface area contributed by atoms with Crippen molar-refractivity contribution >= 4 is 33.2 Å². The van der Waals surface area contributed by atoms with Crippen molar-refractivity contribution in [2.45, 2.75) is 32.7 Å². The van der Waals surface area contributed by atoms with Gasteiger partial charge in [-0.2, -0.15) is 0 Å². The van der Waals surface area contributed by atoms with E-state index >= 15 is 0 Å². The number of carbonyl (C=O) groups is 1. The van der Waals surface area contributed by atoms with Crippen LogP contribution in [0.25, 0.3) is 0 Å². The third kappa shape index (κ3) is 4.17. The lowest BCUT2D eigenvalue weighted by Crippen LogP contribution is -2.33. The minimum atomic E-state index is -0.00213. The standard InChI is InChI=1S/C17H20BrNOS/c1-3-12(4-2)16(13-8-6-5-7-9-13)19-17(20)14-10-15(18)21-11-14/h5-12,16H,3-4H2,1-2H3,(H,19,20). The molecule has 2 aromatic rings. The first kappa shape index (κ1) is 16.2. The van der Waals surface area contributed by atoms with E-state index in [1.54, 1.807) is 0 Å². The first-order valence-corrected chi connectivity index (χ1v) is 8.92. The molecule has 0 bridgehead atoms. The predicted octanol–water partition coefficient (Wildman–Crippen LogP) is 5.42. The van der Waals surface area contributed by atoms with Gasteiger partial charge in [0.1, 0.15) is 0 Å². The van der Waals surface area contributed by atoms with E-state index in [0.29, 0.717) is 5.92 Å². The Bertz CT molecular complexity index is 577. The van der Waals surface area contributed by atoms with Gasteiger partial charge in [0.15, 0.2) is 0 Å². The minimum absolute atomic E-state index is 0.00213.